The van der Waals surface area contributed by atoms with Crippen LogP contribution in [0.3, 0.4) is 0 Å². The molecule has 0 aliphatic carbocycles. The number of anilines is 1. The molecule has 0 unspecified atom stereocenters. The third-order valence-electron chi connectivity index (χ3n) is 4.72. The molecule has 0 saturated heterocycles. The van der Waals surface area contributed by atoms with Gasteiger partial charge in [-0.15, -0.1) is 0 Å². The molecule has 1 heterocycles. The van der Waals surface area contributed by atoms with Gasteiger partial charge in [0.2, 0.25) is 0 Å². The summed E-state index contributed by atoms with van der Waals surface area (Å²) in [6.45, 7) is 0. The lowest BCUT2D eigenvalue weighted by atomic mass is 10.1. The number of ether oxygens (including phenoxy) is 1. The summed E-state index contributed by atoms with van der Waals surface area (Å²) in [5.41, 5.74) is 1.31. The van der Waals surface area contributed by atoms with E-state index in [0.717, 1.165) is 0 Å². The molecular formula is C23H17ClN2O4S. The molecule has 0 fully saturated rings. The van der Waals surface area contributed by atoms with Crippen LogP contribution >= 0.6 is 11.6 Å². The first kappa shape index (κ1) is 20.8. The van der Waals surface area contributed by atoms with Crippen molar-refractivity contribution in [1.82, 2.24) is 4.98 Å². The van der Waals surface area contributed by atoms with E-state index in [1.807, 2.05) is 0 Å². The fraction of sp³-hybridized carbons (Fsp3) is 0.0435. The lowest BCUT2D eigenvalue weighted by molar-refractivity contribution is 0.0736. The molecule has 0 spiro atoms. The number of fused-ring (bicyclic) bond motifs is 1. The number of carbonyl (C=O) groups is 1. The Balaban J connectivity index is 1.56. The zero-order valence-corrected chi connectivity index (χ0v) is 18.0. The molecule has 1 aromatic heterocycles. The number of sulfonamides is 1. The van der Waals surface area contributed by atoms with Crippen LogP contribution < -0.4 is 9.04 Å². The van der Waals surface area contributed by atoms with E-state index in [9.17, 15) is 13.2 Å². The molecule has 3 aromatic carbocycles. The van der Waals surface area contributed by atoms with Crippen molar-refractivity contribution in [1.29, 1.82) is 0 Å². The monoisotopic (exact) mass is 452 g/mol. The second kappa shape index (κ2) is 8.37. The molecule has 31 heavy (non-hydrogen) atoms. The highest BCUT2D eigenvalue weighted by Crippen LogP contribution is 2.26. The molecule has 156 valence electrons. The van der Waals surface area contributed by atoms with Crippen LogP contribution in [0.2, 0.25) is 5.15 Å². The van der Waals surface area contributed by atoms with E-state index in [4.69, 9.17) is 16.3 Å². The summed E-state index contributed by atoms with van der Waals surface area (Å²) < 4.78 is 32.2. The lowest BCUT2D eigenvalue weighted by Crippen LogP contribution is -2.26. The molecule has 0 saturated carbocycles. The fourth-order valence-electron chi connectivity index (χ4n) is 3.09. The van der Waals surface area contributed by atoms with Gasteiger partial charge in [-0.1, -0.05) is 48.0 Å². The predicted octanol–water partition coefficient (Wildman–Crippen LogP) is 4.93. The first-order valence-corrected chi connectivity index (χ1v) is 11.1. The topological polar surface area (TPSA) is 76.6 Å². The van der Waals surface area contributed by atoms with Crippen molar-refractivity contribution in [2.45, 2.75) is 4.90 Å². The van der Waals surface area contributed by atoms with Crippen molar-refractivity contribution in [2.75, 3.05) is 11.4 Å². The number of nitrogens with zero attached hydrogens (tertiary/aromatic N) is 2. The van der Waals surface area contributed by atoms with Crippen molar-refractivity contribution in [3.63, 3.8) is 0 Å². The number of hydrogen-bond acceptors (Lipinski definition) is 5. The van der Waals surface area contributed by atoms with Crippen LogP contribution in [0.5, 0.6) is 5.75 Å². The predicted molar refractivity (Wildman–Crippen MR) is 120 cm³/mol. The maximum Gasteiger partial charge on any atom is 0.344 e. The molecule has 4 rings (SSSR count). The van der Waals surface area contributed by atoms with E-state index in [0.29, 0.717) is 22.2 Å². The van der Waals surface area contributed by atoms with Crippen molar-refractivity contribution >= 4 is 44.2 Å². The highest BCUT2D eigenvalue weighted by atomic mass is 35.5. The maximum absolute atomic E-state index is 12.8. The highest BCUT2D eigenvalue weighted by Gasteiger charge is 2.21. The van der Waals surface area contributed by atoms with Gasteiger partial charge in [0.25, 0.3) is 10.0 Å². The quantitative estimate of drug-likeness (QED) is 0.244. The Hall–Kier alpha value is -3.42. The van der Waals surface area contributed by atoms with Crippen LogP contribution in [0.25, 0.3) is 10.9 Å². The number of pyridine rings is 1. The van der Waals surface area contributed by atoms with Gasteiger partial charge < -0.3 is 4.74 Å². The molecule has 0 aliphatic rings. The smallest absolute Gasteiger partial charge is 0.344 e. The maximum atomic E-state index is 12.8. The SMILES string of the molecule is CN(c1ccc(OC(=O)c2cc(Cl)nc3ccccc23)cc1)S(=O)(=O)c1ccccc1. The number of aromatic nitrogens is 1. The van der Waals surface area contributed by atoms with Gasteiger partial charge in [-0.2, -0.15) is 0 Å². The van der Waals surface area contributed by atoms with Crippen LogP contribution in [0.15, 0.2) is 89.8 Å². The van der Waals surface area contributed by atoms with Crippen LogP contribution in [-0.4, -0.2) is 26.4 Å². The molecule has 4 aromatic rings. The van der Waals surface area contributed by atoms with Gasteiger partial charge in [0.1, 0.15) is 10.9 Å². The highest BCUT2D eigenvalue weighted by molar-refractivity contribution is 7.92. The molecule has 0 aliphatic heterocycles. The summed E-state index contributed by atoms with van der Waals surface area (Å²) in [7, 11) is -2.23. The summed E-state index contributed by atoms with van der Waals surface area (Å²) in [4.78, 5) is 17.1. The Kier molecular flexibility index (Phi) is 5.63. The molecule has 0 atom stereocenters. The van der Waals surface area contributed by atoms with Crippen molar-refractivity contribution in [3.8, 4) is 5.75 Å². The molecule has 0 N–H and O–H groups in total. The largest absolute Gasteiger partial charge is 0.423 e. The molecule has 0 amide bonds. The number of hydrogen-bond donors (Lipinski definition) is 0. The zero-order valence-electron chi connectivity index (χ0n) is 16.4. The molecule has 0 radical (unpaired) electrons. The van der Waals surface area contributed by atoms with Crippen molar-refractivity contribution < 1.29 is 17.9 Å². The molecular weight excluding hydrogens is 436 g/mol. The normalized spacial score (nSPS) is 11.3. The summed E-state index contributed by atoms with van der Waals surface area (Å²) in [5, 5.41) is 0.816. The number of halogens is 1. The average Bonchev–Trinajstić information content (AvgIpc) is 2.79. The number of rotatable bonds is 5. The Morgan fingerprint density at radius 1 is 0.935 bits per heavy atom. The van der Waals surface area contributed by atoms with Gasteiger partial charge in [-0.25, -0.2) is 18.2 Å². The third-order valence-corrected chi connectivity index (χ3v) is 6.71. The van der Waals surface area contributed by atoms with Gasteiger partial charge >= 0.3 is 5.97 Å². The van der Waals surface area contributed by atoms with Crippen LogP contribution in [0.1, 0.15) is 10.4 Å². The van der Waals surface area contributed by atoms with E-state index in [2.05, 4.69) is 4.98 Å². The van der Waals surface area contributed by atoms with E-state index in [-0.39, 0.29) is 15.8 Å². The minimum absolute atomic E-state index is 0.189. The number of esters is 1. The van der Waals surface area contributed by atoms with E-state index in [1.165, 1.54) is 41.7 Å². The zero-order chi connectivity index (χ0) is 22.0. The molecule has 8 heteroatoms. The van der Waals surface area contributed by atoms with Crippen LogP contribution in [-0.2, 0) is 10.0 Å². The average molecular weight is 453 g/mol. The molecule has 0 bridgehead atoms. The van der Waals surface area contributed by atoms with Crippen LogP contribution in [0, 0.1) is 0 Å². The standard InChI is InChI=1S/C23H17ClN2O4S/c1-26(31(28,29)18-7-3-2-4-8-18)16-11-13-17(14-12-16)30-23(27)20-15-22(24)25-21-10-6-5-9-19(20)21/h2-15H,1H3. The Labute approximate surface area is 184 Å². The number of para-hydroxylation sites is 1. The Morgan fingerprint density at radius 2 is 1.58 bits per heavy atom. The Morgan fingerprint density at radius 3 is 2.29 bits per heavy atom. The minimum atomic E-state index is -3.70. The van der Waals surface area contributed by atoms with Gasteiger partial charge in [0.15, 0.2) is 0 Å². The van der Waals surface area contributed by atoms with Crippen LogP contribution in [0.4, 0.5) is 5.69 Å². The lowest BCUT2D eigenvalue weighted by Gasteiger charge is -2.19. The second-order valence-corrected chi connectivity index (χ2v) is 9.04. The summed E-state index contributed by atoms with van der Waals surface area (Å²) in [6, 6.07) is 23.0. The summed E-state index contributed by atoms with van der Waals surface area (Å²) >= 11 is 6.04. The van der Waals surface area contributed by atoms with Crippen molar-refractivity contribution in [2.24, 2.45) is 0 Å². The fourth-order valence-corrected chi connectivity index (χ4v) is 4.50. The van der Waals surface area contributed by atoms with E-state index >= 15 is 0 Å². The van der Waals surface area contributed by atoms with E-state index in [1.54, 1.807) is 54.6 Å². The summed E-state index contributed by atoms with van der Waals surface area (Å²) in [6.07, 6.45) is 0. The number of benzene rings is 3. The van der Waals surface area contributed by atoms with Crippen molar-refractivity contribution in [3.05, 3.63) is 95.6 Å². The first-order chi connectivity index (χ1) is 14.9. The molecule has 6 nitrogen and oxygen atoms in total. The first-order valence-electron chi connectivity index (χ1n) is 9.28. The van der Waals surface area contributed by atoms with Gasteiger partial charge in [0, 0.05) is 12.4 Å². The van der Waals surface area contributed by atoms with E-state index < -0.39 is 16.0 Å². The minimum Gasteiger partial charge on any atom is -0.423 e. The number of carbonyl (C=O) groups excluding carboxylic acids is 1. The second-order valence-electron chi connectivity index (χ2n) is 6.68. The van der Waals surface area contributed by atoms with Gasteiger partial charge in [-0.3, -0.25) is 4.31 Å². The Bertz CT molecular complexity index is 1360. The van der Waals surface area contributed by atoms with Gasteiger partial charge in [0.05, 0.1) is 21.7 Å². The van der Waals surface area contributed by atoms with Gasteiger partial charge in [-0.05, 0) is 48.5 Å². The summed E-state index contributed by atoms with van der Waals surface area (Å²) in [5.74, 6) is -0.310. The third kappa shape index (κ3) is 4.23.